The van der Waals surface area contributed by atoms with Crippen molar-refractivity contribution in [3.8, 4) is 11.3 Å². The summed E-state index contributed by atoms with van der Waals surface area (Å²) in [6, 6.07) is 10.0. The van der Waals surface area contributed by atoms with Crippen LogP contribution in [0, 0.1) is 13.8 Å². The third-order valence-corrected chi connectivity index (χ3v) is 5.06. The molecule has 2 fully saturated rings. The Hall–Kier alpha value is -2.69. The number of urea groups is 1. The molecule has 1 saturated carbocycles. The number of hydrogen-bond donors (Lipinski definition) is 1. The first-order valence-corrected chi connectivity index (χ1v) is 8.18. The summed E-state index contributed by atoms with van der Waals surface area (Å²) in [6.45, 7) is 4.32. The van der Waals surface area contributed by atoms with Crippen molar-refractivity contribution in [3.05, 3.63) is 53.2 Å². The molecule has 5 nitrogen and oxygen atoms in total. The molecule has 5 heteroatoms. The van der Waals surface area contributed by atoms with Crippen LogP contribution in [-0.2, 0) is 4.79 Å². The average Bonchev–Trinajstić information content (AvgIpc) is 3.29. The number of nitrogens with zero attached hydrogens (tertiary/aromatic N) is 2. The van der Waals surface area contributed by atoms with Crippen LogP contribution in [0.1, 0.15) is 29.0 Å². The number of carbonyl (C=O) groups excluding carboxylic acids is 2. The predicted molar refractivity (Wildman–Crippen MR) is 90.5 cm³/mol. The van der Waals surface area contributed by atoms with Gasteiger partial charge in [-0.1, -0.05) is 24.3 Å². The molecule has 1 N–H and O–H groups in total. The van der Waals surface area contributed by atoms with E-state index in [2.05, 4.69) is 42.3 Å². The molecule has 24 heavy (non-hydrogen) atoms. The smallest absolute Gasteiger partial charge is 0.324 e. The van der Waals surface area contributed by atoms with Crippen molar-refractivity contribution < 1.29 is 9.59 Å². The quantitative estimate of drug-likeness (QED) is 0.884. The van der Waals surface area contributed by atoms with Crippen LogP contribution in [0.4, 0.5) is 4.79 Å². The Morgan fingerprint density at radius 1 is 1.17 bits per heavy atom. The SMILES string of the molecule is Cc1cccc(-c2ccc(C3CC3N3C(=O)CNC3=O)cn2)c1C. The van der Waals surface area contributed by atoms with Crippen LogP contribution < -0.4 is 5.32 Å². The summed E-state index contributed by atoms with van der Waals surface area (Å²) in [5.41, 5.74) is 5.66. The molecule has 2 unspecified atom stereocenters. The summed E-state index contributed by atoms with van der Waals surface area (Å²) >= 11 is 0. The van der Waals surface area contributed by atoms with Gasteiger partial charge in [0.25, 0.3) is 0 Å². The fraction of sp³-hybridized carbons (Fsp3) is 0.316. The number of nitrogens with one attached hydrogen (secondary N) is 1. The molecule has 2 aromatic rings. The second-order valence-corrected chi connectivity index (χ2v) is 6.56. The van der Waals surface area contributed by atoms with Crippen molar-refractivity contribution in [2.75, 3.05) is 6.54 Å². The van der Waals surface area contributed by atoms with Crippen LogP contribution >= 0.6 is 0 Å². The molecule has 3 amide bonds. The summed E-state index contributed by atoms with van der Waals surface area (Å²) < 4.78 is 0. The number of rotatable bonds is 3. The van der Waals surface area contributed by atoms with Gasteiger partial charge in [0.2, 0.25) is 5.91 Å². The Kier molecular flexibility index (Phi) is 3.37. The zero-order valence-electron chi connectivity index (χ0n) is 13.7. The van der Waals surface area contributed by atoms with E-state index in [0.29, 0.717) is 0 Å². The largest absolute Gasteiger partial charge is 0.329 e. The van der Waals surface area contributed by atoms with Gasteiger partial charge in [-0.25, -0.2) is 4.79 Å². The average molecular weight is 321 g/mol. The Balaban J connectivity index is 1.54. The highest BCUT2D eigenvalue weighted by Gasteiger charge is 2.49. The molecule has 122 valence electrons. The van der Waals surface area contributed by atoms with Gasteiger partial charge in [0.1, 0.15) is 0 Å². The minimum Gasteiger partial charge on any atom is -0.329 e. The summed E-state index contributed by atoms with van der Waals surface area (Å²) in [7, 11) is 0. The van der Waals surface area contributed by atoms with Gasteiger partial charge >= 0.3 is 6.03 Å². The summed E-state index contributed by atoms with van der Waals surface area (Å²) in [4.78, 5) is 29.5. The van der Waals surface area contributed by atoms with Gasteiger partial charge < -0.3 is 5.32 Å². The minimum atomic E-state index is -0.271. The van der Waals surface area contributed by atoms with E-state index in [4.69, 9.17) is 0 Å². The van der Waals surface area contributed by atoms with Gasteiger partial charge in [0.05, 0.1) is 12.2 Å². The maximum absolute atomic E-state index is 11.8. The first kappa shape index (κ1) is 14.9. The first-order valence-electron chi connectivity index (χ1n) is 8.18. The maximum atomic E-state index is 11.8. The molecule has 2 heterocycles. The van der Waals surface area contributed by atoms with Gasteiger partial charge in [0, 0.05) is 23.7 Å². The number of imide groups is 1. The molecular weight excluding hydrogens is 302 g/mol. The first-order chi connectivity index (χ1) is 11.6. The number of hydrogen-bond acceptors (Lipinski definition) is 3. The van der Waals surface area contributed by atoms with Crippen LogP contribution in [0.25, 0.3) is 11.3 Å². The van der Waals surface area contributed by atoms with Crippen LogP contribution in [-0.4, -0.2) is 34.4 Å². The van der Waals surface area contributed by atoms with E-state index in [9.17, 15) is 9.59 Å². The Morgan fingerprint density at radius 2 is 2.00 bits per heavy atom. The predicted octanol–water partition coefficient (Wildman–Crippen LogP) is 2.77. The van der Waals surface area contributed by atoms with Crippen molar-refractivity contribution >= 4 is 11.9 Å². The fourth-order valence-electron chi connectivity index (χ4n) is 3.41. The number of carbonyl (C=O) groups is 2. The lowest BCUT2D eigenvalue weighted by Gasteiger charge is -2.12. The van der Waals surface area contributed by atoms with E-state index in [1.54, 1.807) is 0 Å². The Morgan fingerprint density at radius 3 is 2.67 bits per heavy atom. The van der Waals surface area contributed by atoms with Crippen molar-refractivity contribution in [1.29, 1.82) is 0 Å². The van der Waals surface area contributed by atoms with E-state index in [-0.39, 0.29) is 30.4 Å². The standard InChI is InChI=1S/C19H19N3O2/c1-11-4-3-5-14(12(11)2)16-7-6-13(9-20-16)15-8-17(15)22-18(23)10-21-19(22)24/h3-7,9,15,17H,8,10H2,1-2H3,(H,21,24). The molecule has 1 aromatic carbocycles. The second-order valence-electron chi connectivity index (χ2n) is 6.56. The molecule has 2 aliphatic rings. The topological polar surface area (TPSA) is 62.3 Å². The molecule has 1 aromatic heterocycles. The molecule has 0 bridgehead atoms. The number of aromatic nitrogens is 1. The van der Waals surface area contributed by atoms with Crippen LogP contribution in [0.2, 0.25) is 0 Å². The van der Waals surface area contributed by atoms with E-state index in [0.717, 1.165) is 23.2 Å². The van der Waals surface area contributed by atoms with E-state index >= 15 is 0 Å². The monoisotopic (exact) mass is 321 g/mol. The number of aryl methyl sites for hydroxylation is 1. The van der Waals surface area contributed by atoms with Crippen molar-refractivity contribution in [2.24, 2.45) is 0 Å². The van der Waals surface area contributed by atoms with Gasteiger partial charge in [0.15, 0.2) is 0 Å². The molecule has 0 radical (unpaired) electrons. The zero-order valence-corrected chi connectivity index (χ0v) is 13.7. The lowest BCUT2D eigenvalue weighted by Crippen LogP contribution is -2.33. The Bertz CT molecular complexity index is 813. The van der Waals surface area contributed by atoms with Crippen molar-refractivity contribution in [3.63, 3.8) is 0 Å². The number of benzene rings is 1. The molecule has 1 aliphatic carbocycles. The minimum absolute atomic E-state index is 0.0200. The van der Waals surface area contributed by atoms with Crippen molar-refractivity contribution in [1.82, 2.24) is 15.2 Å². The van der Waals surface area contributed by atoms with Crippen LogP contribution in [0.5, 0.6) is 0 Å². The molecule has 2 atom stereocenters. The lowest BCUT2D eigenvalue weighted by molar-refractivity contribution is -0.125. The highest BCUT2D eigenvalue weighted by Crippen LogP contribution is 2.45. The number of pyridine rings is 1. The van der Waals surface area contributed by atoms with Gasteiger partial charge in [-0.15, -0.1) is 0 Å². The van der Waals surface area contributed by atoms with E-state index in [1.807, 2.05) is 18.3 Å². The zero-order chi connectivity index (χ0) is 16.8. The molecule has 1 saturated heterocycles. The van der Waals surface area contributed by atoms with E-state index in [1.165, 1.54) is 16.0 Å². The highest BCUT2D eigenvalue weighted by atomic mass is 16.2. The summed E-state index contributed by atoms with van der Waals surface area (Å²) in [5, 5.41) is 2.58. The molecule has 4 rings (SSSR count). The second kappa shape index (κ2) is 5.44. The van der Waals surface area contributed by atoms with Gasteiger partial charge in [-0.05, 0) is 43.0 Å². The fourth-order valence-corrected chi connectivity index (χ4v) is 3.41. The maximum Gasteiger partial charge on any atom is 0.324 e. The van der Waals surface area contributed by atoms with Gasteiger partial charge in [-0.3, -0.25) is 14.7 Å². The third-order valence-electron chi connectivity index (χ3n) is 5.06. The highest BCUT2D eigenvalue weighted by molar-refractivity contribution is 6.02. The Labute approximate surface area is 140 Å². The normalized spacial score (nSPS) is 22.7. The molecular formula is C19H19N3O2. The van der Waals surface area contributed by atoms with Crippen LogP contribution in [0.3, 0.4) is 0 Å². The number of amides is 3. The third kappa shape index (κ3) is 2.37. The van der Waals surface area contributed by atoms with Crippen molar-refractivity contribution in [2.45, 2.75) is 32.2 Å². The molecule has 0 spiro atoms. The lowest BCUT2D eigenvalue weighted by atomic mass is 10.00. The van der Waals surface area contributed by atoms with Gasteiger partial charge in [-0.2, -0.15) is 0 Å². The summed E-state index contributed by atoms with van der Waals surface area (Å²) in [5.74, 6) is 0.0745. The summed E-state index contributed by atoms with van der Waals surface area (Å²) in [6.07, 6.45) is 2.70. The van der Waals surface area contributed by atoms with Crippen LogP contribution in [0.15, 0.2) is 36.5 Å². The van der Waals surface area contributed by atoms with E-state index < -0.39 is 0 Å². The molecule has 1 aliphatic heterocycles.